The third-order valence-electron chi connectivity index (χ3n) is 3.85. The molecule has 0 aliphatic rings. The van der Waals surface area contributed by atoms with Crippen LogP contribution in [0.3, 0.4) is 0 Å². The van der Waals surface area contributed by atoms with Crippen molar-refractivity contribution in [3.8, 4) is 0 Å². The van der Waals surface area contributed by atoms with Crippen LogP contribution in [0.15, 0.2) is 24.3 Å². The van der Waals surface area contributed by atoms with E-state index in [0.29, 0.717) is 104 Å². The van der Waals surface area contributed by atoms with Gasteiger partial charge >= 0.3 is 11.9 Å². The van der Waals surface area contributed by atoms with Gasteiger partial charge in [-0.1, -0.05) is 13.2 Å². The molecule has 204 valence electrons. The predicted octanol–water partition coefficient (Wildman–Crippen LogP) is 1.34. The van der Waals surface area contributed by atoms with Crippen molar-refractivity contribution < 1.29 is 52.2 Å². The Morgan fingerprint density at radius 3 is 0.743 bits per heavy atom. The second-order valence-electron chi connectivity index (χ2n) is 7.12. The van der Waals surface area contributed by atoms with Gasteiger partial charge < -0.3 is 42.6 Å². The molecule has 0 bridgehead atoms. The summed E-state index contributed by atoms with van der Waals surface area (Å²) in [7, 11) is 0. The van der Waals surface area contributed by atoms with Crippen LogP contribution in [0, 0.1) is 0 Å². The zero-order valence-electron chi connectivity index (χ0n) is 21.2. The highest BCUT2D eigenvalue weighted by molar-refractivity contribution is 5.87. The third kappa shape index (κ3) is 25.0. The fourth-order valence-electron chi connectivity index (χ4n) is 2.05. The Labute approximate surface area is 208 Å². The summed E-state index contributed by atoms with van der Waals surface area (Å²) < 4.78 is 47.3. The average Bonchev–Trinajstić information content (AvgIpc) is 2.83. The van der Waals surface area contributed by atoms with E-state index in [1.807, 2.05) is 0 Å². The highest BCUT2D eigenvalue weighted by Gasteiger charge is 2.02. The molecule has 0 N–H and O–H groups in total. The van der Waals surface area contributed by atoms with Crippen LogP contribution >= 0.6 is 0 Å². The Bertz CT molecular complexity index is 518. The monoisotopic (exact) mass is 506 g/mol. The molecule has 0 amide bonds. The van der Waals surface area contributed by atoms with Gasteiger partial charge in [0, 0.05) is 11.1 Å². The van der Waals surface area contributed by atoms with E-state index in [-0.39, 0.29) is 13.2 Å². The normalized spacial score (nSPS) is 10.8. The summed E-state index contributed by atoms with van der Waals surface area (Å²) >= 11 is 0. The topological polar surface area (TPSA) is 117 Å². The first-order valence-electron chi connectivity index (χ1n) is 11.6. The lowest BCUT2D eigenvalue weighted by Gasteiger charge is -2.09. The molecule has 0 aliphatic heterocycles. The molecule has 11 nitrogen and oxygen atoms in total. The maximum Gasteiger partial charge on any atom is 0.333 e. The molecular formula is C24H42O11. The van der Waals surface area contributed by atoms with Crippen molar-refractivity contribution in [3.63, 3.8) is 0 Å². The summed E-state index contributed by atoms with van der Waals surface area (Å²) in [6.45, 7) is 16.7. The summed E-state index contributed by atoms with van der Waals surface area (Å²) in [6.07, 6.45) is 0. The Morgan fingerprint density at radius 1 is 0.400 bits per heavy atom. The molecule has 0 atom stereocenters. The predicted molar refractivity (Wildman–Crippen MR) is 127 cm³/mol. The van der Waals surface area contributed by atoms with E-state index >= 15 is 0 Å². The highest BCUT2D eigenvalue weighted by atomic mass is 16.6. The quantitative estimate of drug-likeness (QED) is 0.0961. The van der Waals surface area contributed by atoms with Crippen LogP contribution in [0.25, 0.3) is 0 Å². The standard InChI is InChI=1S/C24H42O11/c1-21(2)23(25)34-19-17-32-15-13-30-11-9-28-7-5-27-6-8-29-10-12-31-14-16-33-18-20-35-24(26)22(3)4/h1,3,5-20H2,2,4H3. The van der Waals surface area contributed by atoms with E-state index in [0.717, 1.165) is 0 Å². The lowest BCUT2D eigenvalue weighted by Crippen LogP contribution is -2.15. The molecule has 0 aliphatic carbocycles. The summed E-state index contributed by atoms with van der Waals surface area (Å²) in [6, 6.07) is 0. The molecule has 0 heterocycles. The molecule has 0 spiro atoms. The van der Waals surface area contributed by atoms with Crippen molar-refractivity contribution in [2.45, 2.75) is 13.8 Å². The van der Waals surface area contributed by atoms with E-state index < -0.39 is 11.9 Å². The van der Waals surface area contributed by atoms with E-state index in [1.54, 1.807) is 13.8 Å². The summed E-state index contributed by atoms with van der Waals surface area (Å²) in [4.78, 5) is 22.3. The van der Waals surface area contributed by atoms with Crippen molar-refractivity contribution in [2.75, 3.05) is 106 Å². The minimum atomic E-state index is -0.416. The Kier molecular flexibility index (Phi) is 23.9. The first-order chi connectivity index (χ1) is 16.9. The van der Waals surface area contributed by atoms with Gasteiger partial charge in [-0.25, -0.2) is 9.59 Å². The van der Waals surface area contributed by atoms with Crippen LogP contribution in [-0.4, -0.2) is 118 Å². The van der Waals surface area contributed by atoms with Gasteiger partial charge in [-0.2, -0.15) is 0 Å². The Balaban J connectivity index is 3.11. The van der Waals surface area contributed by atoms with Crippen molar-refractivity contribution in [1.82, 2.24) is 0 Å². The molecule has 0 aromatic carbocycles. The van der Waals surface area contributed by atoms with Gasteiger partial charge in [-0.3, -0.25) is 0 Å². The van der Waals surface area contributed by atoms with Gasteiger partial charge in [0.05, 0.1) is 92.5 Å². The molecule has 0 rings (SSSR count). The zero-order valence-corrected chi connectivity index (χ0v) is 21.2. The van der Waals surface area contributed by atoms with Crippen LogP contribution in [-0.2, 0) is 52.2 Å². The molecule has 0 fully saturated rings. The average molecular weight is 507 g/mol. The molecule has 0 saturated heterocycles. The third-order valence-corrected chi connectivity index (χ3v) is 3.85. The number of esters is 2. The van der Waals surface area contributed by atoms with Crippen LogP contribution in [0.2, 0.25) is 0 Å². The van der Waals surface area contributed by atoms with Crippen molar-refractivity contribution in [3.05, 3.63) is 24.3 Å². The van der Waals surface area contributed by atoms with Gasteiger partial charge in [-0.05, 0) is 13.8 Å². The lowest BCUT2D eigenvalue weighted by molar-refractivity contribution is -0.141. The SMILES string of the molecule is C=C(C)C(=O)OCCOCCOCCOCCOCCOCCOCCOCCOC(=O)C(=C)C. The lowest BCUT2D eigenvalue weighted by atomic mass is 10.4. The van der Waals surface area contributed by atoms with Gasteiger partial charge in [0.15, 0.2) is 0 Å². The van der Waals surface area contributed by atoms with Crippen LogP contribution in [0.1, 0.15) is 13.8 Å². The first-order valence-corrected chi connectivity index (χ1v) is 11.6. The Morgan fingerprint density at radius 2 is 0.571 bits per heavy atom. The van der Waals surface area contributed by atoms with Crippen molar-refractivity contribution in [2.24, 2.45) is 0 Å². The van der Waals surface area contributed by atoms with Crippen LogP contribution < -0.4 is 0 Å². The van der Waals surface area contributed by atoms with E-state index in [2.05, 4.69) is 13.2 Å². The van der Waals surface area contributed by atoms with Gasteiger partial charge in [-0.15, -0.1) is 0 Å². The number of carbonyl (C=O) groups excluding carboxylic acids is 2. The van der Waals surface area contributed by atoms with Crippen LogP contribution in [0.4, 0.5) is 0 Å². The molecule has 0 aromatic rings. The smallest absolute Gasteiger partial charge is 0.333 e. The van der Waals surface area contributed by atoms with Crippen LogP contribution in [0.5, 0.6) is 0 Å². The molecule has 11 heteroatoms. The van der Waals surface area contributed by atoms with Gasteiger partial charge in [0.25, 0.3) is 0 Å². The zero-order chi connectivity index (χ0) is 26.0. The Hall–Kier alpha value is -1.86. The molecule has 0 aromatic heterocycles. The second-order valence-corrected chi connectivity index (χ2v) is 7.12. The molecule has 35 heavy (non-hydrogen) atoms. The summed E-state index contributed by atoms with van der Waals surface area (Å²) in [5.41, 5.74) is 0.734. The van der Waals surface area contributed by atoms with Gasteiger partial charge in [0.2, 0.25) is 0 Å². The largest absolute Gasteiger partial charge is 0.460 e. The minimum Gasteiger partial charge on any atom is -0.460 e. The number of hydrogen-bond donors (Lipinski definition) is 0. The van der Waals surface area contributed by atoms with Crippen molar-refractivity contribution in [1.29, 1.82) is 0 Å². The molecule has 0 radical (unpaired) electrons. The molecule has 0 saturated carbocycles. The van der Waals surface area contributed by atoms with E-state index in [1.165, 1.54) is 0 Å². The number of hydrogen-bond acceptors (Lipinski definition) is 11. The highest BCUT2D eigenvalue weighted by Crippen LogP contribution is 1.93. The summed E-state index contributed by atoms with van der Waals surface area (Å²) in [5, 5.41) is 0. The molecule has 0 unspecified atom stereocenters. The van der Waals surface area contributed by atoms with Crippen molar-refractivity contribution >= 4 is 11.9 Å². The van der Waals surface area contributed by atoms with E-state index in [9.17, 15) is 9.59 Å². The number of ether oxygens (including phenoxy) is 9. The fourth-order valence-corrected chi connectivity index (χ4v) is 2.05. The molecular weight excluding hydrogens is 464 g/mol. The summed E-state index contributed by atoms with van der Waals surface area (Å²) in [5.74, 6) is -0.832. The first kappa shape index (κ1) is 33.1. The number of rotatable bonds is 26. The maximum absolute atomic E-state index is 11.1. The minimum absolute atomic E-state index is 0.196. The number of carbonyl (C=O) groups is 2. The maximum atomic E-state index is 11.1. The second kappa shape index (κ2) is 25.2. The fraction of sp³-hybridized carbons (Fsp3) is 0.750. The van der Waals surface area contributed by atoms with E-state index in [4.69, 9.17) is 42.6 Å². The van der Waals surface area contributed by atoms with Gasteiger partial charge in [0.1, 0.15) is 13.2 Å².